The summed E-state index contributed by atoms with van der Waals surface area (Å²) in [6, 6.07) is 15.4. The van der Waals surface area contributed by atoms with Gasteiger partial charge >= 0.3 is 0 Å². The zero-order chi connectivity index (χ0) is 17.4. The van der Waals surface area contributed by atoms with Crippen molar-refractivity contribution in [3.63, 3.8) is 0 Å². The van der Waals surface area contributed by atoms with E-state index in [1.54, 1.807) is 18.2 Å². The number of non-ortho nitro benzene ring substituents is 1. The van der Waals surface area contributed by atoms with Crippen molar-refractivity contribution in [3.05, 3.63) is 85.2 Å². The van der Waals surface area contributed by atoms with Crippen LogP contribution in [0.4, 0.5) is 5.69 Å². The number of nitro benzene ring substituents is 1. The minimum absolute atomic E-state index is 0.0183. The smallest absolute Gasteiger partial charge is 0.267 e. The molecule has 0 spiro atoms. The van der Waals surface area contributed by atoms with Crippen LogP contribution in [-0.4, -0.2) is 19.5 Å². The number of hydrogen-bond acceptors (Lipinski definition) is 6. The Labute approximate surface area is 144 Å². The second-order valence-electron chi connectivity index (χ2n) is 5.27. The number of rotatable bonds is 3. The Kier molecular flexibility index (Phi) is 3.58. The van der Waals surface area contributed by atoms with Gasteiger partial charge in [0.1, 0.15) is 0 Å². The number of nitro groups is 1. The van der Waals surface area contributed by atoms with Gasteiger partial charge < -0.3 is 0 Å². The fourth-order valence-corrected chi connectivity index (χ4v) is 3.39. The summed E-state index contributed by atoms with van der Waals surface area (Å²) in [7, 11) is 0. The van der Waals surface area contributed by atoms with E-state index in [1.165, 1.54) is 27.9 Å². The van der Waals surface area contributed by atoms with Gasteiger partial charge in [-0.15, -0.1) is 10.2 Å². The average Bonchev–Trinajstić information content (AvgIpc) is 3.17. The van der Waals surface area contributed by atoms with Gasteiger partial charge in [-0.05, 0) is 23.8 Å². The lowest BCUT2D eigenvalue weighted by atomic mass is 10.2. The monoisotopic (exact) mass is 350 g/mol. The minimum atomic E-state index is -0.472. The molecule has 7 nitrogen and oxygen atoms in total. The van der Waals surface area contributed by atoms with Gasteiger partial charge in [-0.1, -0.05) is 41.7 Å². The molecule has 0 radical (unpaired) electrons. The lowest BCUT2D eigenvalue weighted by Crippen LogP contribution is -2.23. The molecule has 8 heteroatoms. The average molecular weight is 350 g/mol. The van der Waals surface area contributed by atoms with Crippen LogP contribution in [0.25, 0.3) is 22.4 Å². The van der Waals surface area contributed by atoms with Crippen molar-refractivity contribution in [3.8, 4) is 11.4 Å². The molecule has 122 valence electrons. The van der Waals surface area contributed by atoms with Crippen molar-refractivity contribution < 1.29 is 4.92 Å². The van der Waals surface area contributed by atoms with Crippen molar-refractivity contribution >= 4 is 28.1 Å². The molecule has 0 saturated carbocycles. The highest BCUT2D eigenvalue weighted by atomic mass is 32.1. The van der Waals surface area contributed by atoms with Gasteiger partial charge in [-0.3, -0.25) is 14.9 Å². The molecule has 0 saturated heterocycles. The van der Waals surface area contributed by atoms with E-state index < -0.39 is 4.92 Å². The van der Waals surface area contributed by atoms with E-state index in [2.05, 4.69) is 10.2 Å². The first-order valence-corrected chi connectivity index (χ1v) is 8.15. The highest BCUT2D eigenvalue weighted by Gasteiger charge is 2.15. The normalized spacial score (nSPS) is 11.9. The summed E-state index contributed by atoms with van der Waals surface area (Å²) in [5.41, 5.74) is 1.30. The summed E-state index contributed by atoms with van der Waals surface area (Å²) < 4.78 is 1.99. The van der Waals surface area contributed by atoms with E-state index in [-0.39, 0.29) is 11.2 Å². The molecule has 0 aliphatic heterocycles. The fourth-order valence-electron chi connectivity index (χ4n) is 2.48. The zero-order valence-electron chi connectivity index (χ0n) is 12.7. The number of fused-ring (bicyclic) bond motifs is 1. The maximum absolute atomic E-state index is 12.7. The first-order chi connectivity index (χ1) is 12.1. The molecular formula is C17H10N4O3S. The number of thiazole rings is 1. The van der Waals surface area contributed by atoms with Crippen LogP contribution >= 0.6 is 11.3 Å². The maximum atomic E-state index is 12.7. The van der Waals surface area contributed by atoms with Gasteiger partial charge in [0, 0.05) is 17.7 Å². The van der Waals surface area contributed by atoms with Crippen LogP contribution in [0.2, 0.25) is 0 Å². The third-order valence-electron chi connectivity index (χ3n) is 3.68. The molecule has 25 heavy (non-hydrogen) atoms. The molecule has 0 amide bonds. The van der Waals surface area contributed by atoms with Crippen molar-refractivity contribution in [2.24, 2.45) is 0 Å². The Bertz CT molecular complexity index is 1180. The van der Waals surface area contributed by atoms with Crippen LogP contribution in [0, 0.1) is 10.1 Å². The van der Waals surface area contributed by atoms with Crippen LogP contribution in [0.1, 0.15) is 5.56 Å². The van der Waals surface area contributed by atoms with Gasteiger partial charge in [0.15, 0.2) is 5.82 Å². The van der Waals surface area contributed by atoms with E-state index >= 15 is 0 Å². The van der Waals surface area contributed by atoms with Crippen LogP contribution in [-0.2, 0) is 0 Å². The van der Waals surface area contributed by atoms with Crippen molar-refractivity contribution in [2.75, 3.05) is 0 Å². The Hall–Kier alpha value is -3.39. The Balaban J connectivity index is 1.86. The van der Waals surface area contributed by atoms with Crippen LogP contribution < -0.4 is 10.1 Å². The lowest BCUT2D eigenvalue weighted by molar-refractivity contribution is -0.384. The molecular weight excluding hydrogens is 340 g/mol. The molecule has 4 aromatic rings. The van der Waals surface area contributed by atoms with E-state index in [0.29, 0.717) is 20.9 Å². The molecule has 0 bridgehead atoms. The van der Waals surface area contributed by atoms with E-state index in [4.69, 9.17) is 0 Å². The molecule has 2 aromatic heterocycles. The summed E-state index contributed by atoms with van der Waals surface area (Å²) in [5, 5.41) is 18.9. The summed E-state index contributed by atoms with van der Waals surface area (Å²) >= 11 is 1.26. The second-order valence-corrected chi connectivity index (χ2v) is 6.28. The summed E-state index contributed by atoms with van der Waals surface area (Å²) in [6.07, 6.45) is 1.81. The van der Waals surface area contributed by atoms with E-state index in [0.717, 1.165) is 5.56 Å². The molecule has 0 unspecified atom stereocenters. The number of nitrogens with zero attached hydrogens (tertiary/aromatic N) is 4. The fraction of sp³-hybridized carbons (Fsp3) is 0. The predicted molar refractivity (Wildman–Crippen MR) is 94.5 cm³/mol. The minimum Gasteiger partial charge on any atom is -0.267 e. The van der Waals surface area contributed by atoms with Crippen LogP contribution in [0.5, 0.6) is 0 Å². The third kappa shape index (κ3) is 2.68. The maximum Gasteiger partial charge on any atom is 0.276 e. The number of hydrogen-bond donors (Lipinski definition) is 0. The van der Waals surface area contributed by atoms with Gasteiger partial charge in [0.25, 0.3) is 11.2 Å². The van der Waals surface area contributed by atoms with Crippen molar-refractivity contribution in [1.29, 1.82) is 0 Å². The molecule has 0 N–H and O–H groups in total. The van der Waals surface area contributed by atoms with Crippen molar-refractivity contribution in [2.45, 2.75) is 0 Å². The zero-order valence-corrected chi connectivity index (χ0v) is 13.5. The van der Waals surface area contributed by atoms with Crippen LogP contribution in [0.15, 0.2) is 59.4 Å². The van der Waals surface area contributed by atoms with Crippen molar-refractivity contribution in [1.82, 2.24) is 14.6 Å². The molecule has 0 fully saturated rings. The van der Waals surface area contributed by atoms with Crippen LogP contribution in [0.3, 0.4) is 0 Å². The lowest BCUT2D eigenvalue weighted by Gasteiger charge is -1.96. The molecule has 0 aliphatic rings. The highest BCUT2D eigenvalue weighted by Crippen LogP contribution is 2.21. The third-order valence-corrected chi connectivity index (χ3v) is 4.64. The van der Waals surface area contributed by atoms with E-state index in [9.17, 15) is 14.9 Å². The Morgan fingerprint density at radius 1 is 1.04 bits per heavy atom. The van der Waals surface area contributed by atoms with Gasteiger partial charge in [-0.25, -0.2) is 4.40 Å². The SMILES string of the molecule is O=c1/c(=C\c2ccccc2)sc2nnc(-c3ccc([N+](=O)[O-])cc3)n12. The standard InChI is InChI=1S/C17H10N4O3S/c22-16-14(10-11-4-2-1-3-5-11)25-17-19-18-15(20(16)17)12-6-8-13(9-7-12)21(23)24/h1-10H/b14-10+. The Morgan fingerprint density at radius 2 is 1.76 bits per heavy atom. The first kappa shape index (κ1) is 15.2. The van der Waals surface area contributed by atoms with Gasteiger partial charge in [-0.2, -0.15) is 0 Å². The predicted octanol–water partition coefficient (Wildman–Crippen LogP) is 2.27. The van der Waals surface area contributed by atoms with Gasteiger partial charge in [0.2, 0.25) is 4.96 Å². The molecule has 0 atom stereocenters. The first-order valence-electron chi connectivity index (χ1n) is 7.33. The quantitative estimate of drug-likeness (QED) is 0.418. The van der Waals surface area contributed by atoms with E-state index in [1.807, 2.05) is 30.3 Å². The molecule has 4 rings (SSSR count). The largest absolute Gasteiger partial charge is 0.276 e. The highest BCUT2D eigenvalue weighted by molar-refractivity contribution is 7.15. The number of aromatic nitrogens is 3. The topological polar surface area (TPSA) is 90.4 Å². The Morgan fingerprint density at radius 3 is 2.44 bits per heavy atom. The van der Waals surface area contributed by atoms with Gasteiger partial charge in [0.05, 0.1) is 9.46 Å². The number of benzene rings is 2. The molecule has 2 aromatic carbocycles. The second kappa shape index (κ2) is 5.91. The summed E-state index contributed by atoms with van der Waals surface area (Å²) in [4.78, 5) is 23.5. The summed E-state index contributed by atoms with van der Waals surface area (Å²) in [5.74, 6) is 0.374. The summed E-state index contributed by atoms with van der Waals surface area (Å²) in [6.45, 7) is 0. The molecule has 0 aliphatic carbocycles. The molecule has 2 heterocycles.